The van der Waals surface area contributed by atoms with E-state index in [2.05, 4.69) is 10.4 Å². The number of hydrogen-bond donors (Lipinski definition) is 1. The Balaban J connectivity index is 2.36. The molecular formula is C17H23ClN4O3S. The van der Waals surface area contributed by atoms with E-state index in [1.54, 1.807) is 45.2 Å². The lowest BCUT2D eigenvalue weighted by Crippen LogP contribution is -2.46. The molecule has 1 atom stereocenters. The number of amides is 1. The molecule has 0 bridgehead atoms. The highest BCUT2D eigenvalue weighted by Gasteiger charge is 2.36. The minimum Gasteiger partial charge on any atom is -0.325 e. The minimum absolute atomic E-state index is 0.0271. The van der Waals surface area contributed by atoms with Crippen molar-refractivity contribution in [1.29, 1.82) is 0 Å². The Morgan fingerprint density at radius 3 is 2.46 bits per heavy atom. The Bertz CT molecular complexity index is 881. The van der Waals surface area contributed by atoms with E-state index in [-0.39, 0.29) is 16.6 Å². The molecule has 7 nitrogen and oxygen atoms in total. The van der Waals surface area contributed by atoms with Crippen LogP contribution in [0.1, 0.15) is 26.0 Å². The van der Waals surface area contributed by atoms with Gasteiger partial charge in [0.2, 0.25) is 15.9 Å². The van der Waals surface area contributed by atoms with Crippen LogP contribution in [-0.4, -0.2) is 41.0 Å². The summed E-state index contributed by atoms with van der Waals surface area (Å²) in [5.74, 6) is -0.411. The Labute approximate surface area is 159 Å². The highest BCUT2D eigenvalue weighted by molar-refractivity contribution is 7.89. The van der Waals surface area contributed by atoms with Crippen LogP contribution in [0.3, 0.4) is 0 Å². The Morgan fingerprint density at radius 2 is 1.96 bits per heavy atom. The van der Waals surface area contributed by atoms with Crippen molar-refractivity contribution in [3.05, 3.63) is 41.2 Å². The van der Waals surface area contributed by atoms with Crippen molar-refractivity contribution in [2.75, 3.05) is 11.9 Å². The number of aryl methyl sites for hydroxylation is 2. The molecule has 0 aliphatic rings. The summed E-state index contributed by atoms with van der Waals surface area (Å²) in [5, 5.41) is 6.84. The molecule has 142 valence electrons. The molecule has 0 fully saturated rings. The zero-order valence-electron chi connectivity index (χ0n) is 15.2. The number of hydrogen-bond acceptors (Lipinski definition) is 4. The fourth-order valence-corrected chi connectivity index (χ4v) is 5.06. The second-order valence-corrected chi connectivity index (χ2v) is 8.16. The predicted molar refractivity (Wildman–Crippen MR) is 102 cm³/mol. The number of aromatic nitrogens is 2. The number of carbonyl (C=O) groups is 1. The van der Waals surface area contributed by atoms with E-state index < -0.39 is 22.0 Å². The molecule has 2 rings (SSSR count). The molecule has 0 aliphatic carbocycles. The molecule has 26 heavy (non-hydrogen) atoms. The van der Waals surface area contributed by atoms with Crippen LogP contribution in [0.4, 0.5) is 5.69 Å². The molecule has 0 saturated heterocycles. The average molecular weight is 399 g/mol. The van der Waals surface area contributed by atoms with Crippen LogP contribution < -0.4 is 5.32 Å². The van der Waals surface area contributed by atoms with Crippen molar-refractivity contribution in [2.24, 2.45) is 7.05 Å². The van der Waals surface area contributed by atoms with E-state index >= 15 is 0 Å². The van der Waals surface area contributed by atoms with Gasteiger partial charge < -0.3 is 5.32 Å². The second kappa shape index (κ2) is 8.20. The third-order valence-electron chi connectivity index (χ3n) is 3.96. The third-order valence-corrected chi connectivity index (χ3v) is 6.63. The van der Waals surface area contributed by atoms with Crippen molar-refractivity contribution >= 4 is 33.2 Å². The topological polar surface area (TPSA) is 84.3 Å². The van der Waals surface area contributed by atoms with Crippen LogP contribution in [0.15, 0.2) is 35.2 Å². The molecule has 1 amide bonds. The van der Waals surface area contributed by atoms with Gasteiger partial charge in [-0.15, -0.1) is 0 Å². The molecule has 1 aromatic carbocycles. The van der Waals surface area contributed by atoms with Crippen LogP contribution >= 0.6 is 11.6 Å². The van der Waals surface area contributed by atoms with Crippen LogP contribution in [0.25, 0.3) is 0 Å². The van der Waals surface area contributed by atoms with Crippen molar-refractivity contribution in [1.82, 2.24) is 14.1 Å². The molecule has 0 aliphatic heterocycles. The number of nitrogens with one attached hydrogen (secondary N) is 1. The van der Waals surface area contributed by atoms with Crippen molar-refractivity contribution < 1.29 is 13.2 Å². The highest BCUT2D eigenvalue weighted by Crippen LogP contribution is 2.29. The maximum Gasteiger partial charge on any atom is 0.248 e. The van der Waals surface area contributed by atoms with Gasteiger partial charge in [-0.3, -0.25) is 9.48 Å². The molecule has 0 spiro atoms. The lowest BCUT2D eigenvalue weighted by Gasteiger charge is -2.27. The molecule has 1 aromatic heterocycles. The van der Waals surface area contributed by atoms with E-state index in [0.717, 1.165) is 0 Å². The molecular weight excluding hydrogens is 376 g/mol. The molecule has 0 unspecified atom stereocenters. The lowest BCUT2D eigenvalue weighted by atomic mass is 10.2. The van der Waals surface area contributed by atoms with Crippen LogP contribution in [0, 0.1) is 6.92 Å². The number of para-hydroxylation sites is 1. The van der Waals surface area contributed by atoms with Gasteiger partial charge in [0.05, 0.1) is 5.69 Å². The number of carbonyl (C=O) groups excluding carboxylic acids is 1. The minimum atomic E-state index is -3.98. The number of sulfonamides is 1. The summed E-state index contributed by atoms with van der Waals surface area (Å²) >= 11 is 6.15. The summed E-state index contributed by atoms with van der Waals surface area (Å²) in [6.07, 6.45) is 0.555. The van der Waals surface area contributed by atoms with Crippen LogP contribution in [-0.2, 0) is 21.9 Å². The summed E-state index contributed by atoms with van der Waals surface area (Å²) in [4.78, 5) is 12.6. The molecule has 0 saturated carbocycles. The van der Waals surface area contributed by atoms with E-state index in [1.165, 1.54) is 8.99 Å². The Morgan fingerprint density at radius 1 is 1.35 bits per heavy atom. The largest absolute Gasteiger partial charge is 0.325 e. The Kier molecular flexibility index (Phi) is 6.44. The lowest BCUT2D eigenvalue weighted by molar-refractivity contribution is -0.119. The van der Waals surface area contributed by atoms with Gasteiger partial charge in [-0.05, 0) is 32.4 Å². The quantitative estimate of drug-likeness (QED) is 0.777. The fourth-order valence-electron chi connectivity index (χ4n) is 2.66. The standard InChI is InChI=1S/C17H23ClN4O3S/c1-5-11-22(13(3)17(23)19-14-9-7-6-8-10-14)26(24,25)15-12(2)20-21(4)16(15)18/h6-10,13H,5,11H2,1-4H3,(H,19,23)/t13-/m0/s1. The first-order valence-electron chi connectivity index (χ1n) is 8.27. The average Bonchev–Trinajstić information content (AvgIpc) is 2.85. The normalized spacial score (nSPS) is 13.0. The fraction of sp³-hybridized carbons (Fsp3) is 0.412. The predicted octanol–water partition coefficient (Wildman–Crippen LogP) is 2.81. The third kappa shape index (κ3) is 4.08. The van der Waals surface area contributed by atoms with Gasteiger partial charge in [0.15, 0.2) is 0 Å². The summed E-state index contributed by atoms with van der Waals surface area (Å²) in [5.41, 5.74) is 0.906. The summed E-state index contributed by atoms with van der Waals surface area (Å²) in [6.45, 7) is 5.18. The monoisotopic (exact) mass is 398 g/mol. The van der Waals surface area contributed by atoms with Gasteiger partial charge >= 0.3 is 0 Å². The molecule has 1 N–H and O–H groups in total. The smallest absolute Gasteiger partial charge is 0.248 e. The summed E-state index contributed by atoms with van der Waals surface area (Å²) in [6, 6.07) is 7.99. The number of halogens is 1. The first-order valence-corrected chi connectivity index (χ1v) is 10.1. The molecule has 0 radical (unpaired) electrons. The van der Waals surface area contributed by atoms with E-state index in [0.29, 0.717) is 17.8 Å². The van der Waals surface area contributed by atoms with Crippen molar-refractivity contribution in [3.63, 3.8) is 0 Å². The first-order chi connectivity index (χ1) is 12.2. The summed E-state index contributed by atoms with van der Waals surface area (Å²) in [7, 11) is -2.41. The van der Waals surface area contributed by atoms with Crippen molar-refractivity contribution in [3.8, 4) is 0 Å². The zero-order valence-corrected chi connectivity index (χ0v) is 16.8. The first kappa shape index (κ1) is 20.4. The van der Waals surface area contributed by atoms with E-state index in [9.17, 15) is 13.2 Å². The Hall–Kier alpha value is -1.90. The summed E-state index contributed by atoms with van der Waals surface area (Å²) < 4.78 is 28.8. The van der Waals surface area contributed by atoms with Gasteiger partial charge in [0.25, 0.3) is 0 Å². The number of nitrogens with zero attached hydrogens (tertiary/aromatic N) is 3. The van der Waals surface area contributed by atoms with E-state index in [1.807, 2.05) is 13.0 Å². The highest BCUT2D eigenvalue weighted by atomic mass is 35.5. The number of anilines is 1. The van der Waals surface area contributed by atoms with Gasteiger partial charge in [-0.1, -0.05) is 36.7 Å². The number of rotatable bonds is 7. The van der Waals surface area contributed by atoms with Crippen LogP contribution in [0.5, 0.6) is 0 Å². The zero-order chi connectivity index (χ0) is 19.5. The number of benzene rings is 1. The second-order valence-electron chi connectivity index (χ2n) is 5.98. The van der Waals surface area contributed by atoms with Gasteiger partial charge in [-0.2, -0.15) is 9.40 Å². The van der Waals surface area contributed by atoms with Crippen molar-refractivity contribution in [2.45, 2.75) is 38.1 Å². The van der Waals surface area contributed by atoms with E-state index in [4.69, 9.17) is 11.6 Å². The molecule has 1 heterocycles. The van der Waals surface area contributed by atoms with Gasteiger partial charge in [0.1, 0.15) is 16.1 Å². The molecule has 2 aromatic rings. The SMILES string of the molecule is CCCN([C@@H](C)C(=O)Nc1ccccc1)S(=O)(=O)c1c(C)nn(C)c1Cl. The van der Waals surface area contributed by atoms with Gasteiger partial charge in [-0.25, -0.2) is 8.42 Å². The molecule has 9 heteroatoms. The van der Waals surface area contributed by atoms with Crippen LogP contribution in [0.2, 0.25) is 5.15 Å². The maximum atomic E-state index is 13.2. The maximum absolute atomic E-state index is 13.2. The van der Waals surface area contributed by atoms with Gasteiger partial charge in [0, 0.05) is 19.3 Å².